The predicted octanol–water partition coefficient (Wildman–Crippen LogP) is 2.62. The Balaban J connectivity index is 1.47. The lowest BCUT2D eigenvalue weighted by Gasteiger charge is -2.21. The van der Waals surface area contributed by atoms with E-state index in [1.807, 2.05) is 0 Å². The van der Waals surface area contributed by atoms with Crippen molar-refractivity contribution in [1.82, 2.24) is 10.0 Å². The maximum atomic E-state index is 12.8. The third kappa shape index (κ3) is 5.47. The van der Waals surface area contributed by atoms with Gasteiger partial charge in [0.2, 0.25) is 10.0 Å². The second-order valence-corrected chi connectivity index (χ2v) is 10.1. The third-order valence-corrected chi connectivity index (χ3v) is 7.40. The fourth-order valence-electron chi connectivity index (χ4n) is 3.67. The number of hydrogen-bond donors (Lipinski definition) is 3. The highest BCUT2D eigenvalue weighted by Gasteiger charge is 2.24. The van der Waals surface area contributed by atoms with E-state index < -0.39 is 22.0 Å². The number of anilines is 1. The third-order valence-electron chi connectivity index (χ3n) is 5.49. The molecule has 33 heavy (non-hydrogen) atoms. The van der Waals surface area contributed by atoms with E-state index in [1.165, 1.54) is 18.2 Å². The van der Waals surface area contributed by atoms with Crippen LogP contribution in [0.25, 0.3) is 0 Å². The minimum absolute atomic E-state index is 0.0184. The molecule has 2 amide bonds. The molecule has 2 aromatic rings. The molecule has 0 saturated carbocycles. The van der Waals surface area contributed by atoms with Gasteiger partial charge in [-0.2, -0.15) is 0 Å². The Bertz CT molecular complexity index is 1180. The molecule has 0 unspecified atom stereocenters. The minimum Gasteiger partial charge on any atom is -0.482 e. The van der Waals surface area contributed by atoms with Crippen molar-refractivity contribution in [2.75, 3.05) is 25.1 Å². The van der Waals surface area contributed by atoms with Crippen LogP contribution in [0.4, 0.5) is 5.69 Å². The number of halogens is 1. The minimum atomic E-state index is -3.93. The van der Waals surface area contributed by atoms with Crippen LogP contribution in [0, 0.1) is 0 Å². The Morgan fingerprint density at radius 2 is 2.09 bits per heavy atom. The Morgan fingerprint density at radius 3 is 2.85 bits per heavy atom. The van der Waals surface area contributed by atoms with Gasteiger partial charge in [0.25, 0.3) is 11.8 Å². The summed E-state index contributed by atoms with van der Waals surface area (Å²) in [4.78, 5) is 24.2. The molecule has 1 saturated heterocycles. The number of carbonyl (C=O) groups excluding carboxylic acids is 2. The molecule has 2 atom stereocenters. The van der Waals surface area contributed by atoms with Crippen LogP contribution in [0.2, 0.25) is 5.02 Å². The van der Waals surface area contributed by atoms with Crippen LogP contribution < -0.4 is 20.1 Å². The van der Waals surface area contributed by atoms with Crippen LogP contribution in [0.1, 0.15) is 41.7 Å². The van der Waals surface area contributed by atoms with Crippen LogP contribution in [-0.2, 0) is 19.6 Å². The topological polar surface area (TPSA) is 123 Å². The van der Waals surface area contributed by atoms with Crippen molar-refractivity contribution in [3.05, 3.63) is 52.5 Å². The molecule has 2 aliphatic heterocycles. The van der Waals surface area contributed by atoms with Gasteiger partial charge in [-0.25, -0.2) is 13.1 Å². The van der Waals surface area contributed by atoms with Crippen LogP contribution in [0.3, 0.4) is 0 Å². The normalized spacial score (nSPS) is 18.7. The lowest BCUT2D eigenvalue weighted by Crippen LogP contribution is -2.32. The lowest BCUT2D eigenvalue weighted by molar-refractivity contribution is -0.118. The number of ether oxygens (including phenoxy) is 2. The zero-order chi connectivity index (χ0) is 23.6. The fourth-order valence-corrected chi connectivity index (χ4v) is 5.26. The summed E-state index contributed by atoms with van der Waals surface area (Å²) in [6.07, 6.45) is 1.51. The highest BCUT2D eigenvalue weighted by molar-refractivity contribution is 7.89. The molecule has 0 radical (unpaired) electrons. The zero-order valence-electron chi connectivity index (χ0n) is 17.9. The van der Waals surface area contributed by atoms with Crippen molar-refractivity contribution in [3.8, 4) is 5.75 Å². The maximum absolute atomic E-state index is 12.8. The number of carbonyl (C=O) groups is 2. The van der Waals surface area contributed by atoms with Crippen molar-refractivity contribution < 1.29 is 27.5 Å². The first-order valence-electron chi connectivity index (χ1n) is 10.5. The molecule has 9 nitrogen and oxygen atoms in total. The molecule has 11 heteroatoms. The maximum Gasteiger partial charge on any atom is 0.262 e. The smallest absolute Gasteiger partial charge is 0.262 e. The number of fused-ring (bicyclic) bond motifs is 1. The molecule has 4 rings (SSSR count). The molecule has 0 aliphatic carbocycles. The molecular weight excluding hydrogens is 470 g/mol. The van der Waals surface area contributed by atoms with E-state index in [-0.39, 0.29) is 40.6 Å². The largest absolute Gasteiger partial charge is 0.482 e. The summed E-state index contributed by atoms with van der Waals surface area (Å²) in [5.74, 6) is -0.160. The zero-order valence-corrected chi connectivity index (χ0v) is 19.5. The van der Waals surface area contributed by atoms with Crippen molar-refractivity contribution >= 4 is 39.1 Å². The summed E-state index contributed by atoms with van der Waals surface area (Å²) in [5, 5.41) is 5.58. The van der Waals surface area contributed by atoms with Gasteiger partial charge in [-0.05, 0) is 55.7 Å². The van der Waals surface area contributed by atoms with Crippen LogP contribution in [0.15, 0.2) is 41.3 Å². The number of hydrogen-bond acceptors (Lipinski definition) is 6. The molecular formula is C22H24ClN3O6S. The number of benzene rings is 2. The van der Waals surface area contributed by atoms with Gasteiger partial charge in [-0.15, -0.1) is 0 Å². The van der Waals surface area contributed by atoms with Crippen LogP contribution >= 0.6 is 11.6 Å². The second kappa shape index (κ2) is 9.68. The summed E-state index contributed by atoms with van der Waals surface area (Å²) < 4.78 is 38.8. The van der Waals surface area contributed by atoms with Crippen molar-refractivity contribution in [2.45, 2.75) is 36.8 Å². The molecule has 0 bridgehead atoms. The highest BCUT2D eigenvalue weighted by atomic mass is 35.5. The fraction of sp³-hybridized carbons (Fsp3) is 0.364. The van der Waals surface area contributed by atoms with Gasteiger partial charge in [0.1, 0.15) is 10.6 Å². The summed E-state index contributed by atoms with van der Waals surface area (Å²) >= 11 is 6.13. The lowest BCUT2D eigenvalue weighted by atomic mass is 10.1. The van der Waals surface area contributed by atoms with Gasteiger partial charge in [-0.1, -0.05) is 17.7 Å². The van der Waals surface area contributed by atoms with Crippen molar-refractivity contribution in [1.29, 1.82) is 0 Å². The Labute approximate surface area is 196 Å². The Hall–Kier alpha value is -2.66. The van der Waals surface area contributed by atoms with Crippen molar-refractivity contribution in [2.24, 2.45) is 0 Å². The van der Waals surface area contributed by atoms with E-state index in [0.29, 0.717) is 18.0 Å². The highest BCUT2D eigenvalue weighted by Crippen LogP contribution is 2.31. The monoisotopic (exact) mass is 493 g/mol. The summed E-state index contributed by atoms with van der Waals surface area (Å²) in [7, 11) is -3.93. The quantitative estimate of drug-likeness (QED) is 0.545. The van der Waals surface area contributed by atoms with Gasteiger partial charge in [0, 0.05) is 18.7 Å². The van der Waals surface area contributed by atoms with E-state index in [0.717, 1.165) is 18.4 Å². The summed E-state index contributed by atoms with van der Waals surface area (Å²) in [6.45, 7) is 2.50. The molecule has 3 N–H and O–H groups in total. The molecule has 176 valence electrons. The van der Waals surface area contributed by atoms with Gasteiger partial charge in [0.15, 0.2) is 6.61 Å². The number of rotatable bonds is 7. The second-order valence-electron chi connectivity index (χ2n) is 7.92. The standard InChI is InChI=1S/C22H24ClN3O6S/c1-13(14-5-7-19-18(9-14)26-21(27)12-32-19)25-22(28)15-4-6-17(23)20(10-15)33(29,30)24-11-16-3-2-8-31-16/h4-7,9-10,13,16,24H,2-3,8,11-12H2,1H3,(H,25,28)(H,26,27)/t13-,16+/m1/s1. The summed E-state index contributed by atoms with van der Waals surface area (Å²) in [6, 6.07) is 8.91. The van der Waals surface area contributed by atoms with Gasteiger partial charge in [0.05, 0.1) is 22.9 Å². The molecule has 0 aromatic heterocycles. The predicted molar refractivity (Wildman–Crippen MR) is 122 cm³/mol. The van der Waals surface area contributed by atoms with Crippen molar-refractivity contribution in [3.63, 3.8) is 0 Å². The average Bonchev–Trinajstić information content (AvgIpc) is 3.31. The molecule has 2 heterocycles. The Kier molecular flexibility index (Phi) is 6.89. The van der Waals surface area contributed by atoms with E-state index in [2.05, 4.69) is 15.4 Å². The van der Waals surface area contributed by atoms with Crippen LogP contribution in [0.5, 0.6) is 5.75 Å². The number of sulfonamides is 1. The van der Waals surface area contributed by atoms with Gasteiger partial charge in [-0.3, -0.25) is 9.59 Å². The van der Waals surface area contributed by atoms with E-state index in [9.17, 15) is 18.0 Å². The molecule has 2 aliphatic rings. The first-order chi connectivity index (χ1) is 15.7. The van der Waals surface area contributed by atoms with Gasteiger partial charge >= 0.3 is 0 Å². The first-order valence-corrected chi connectivity index (χ1v) is 12.4. The van der Waals surface area contributed by atoms with E-state index in [1.54, 1.807) is 25.1 Å². The molecule has 0 spiro atoms. The average molecular weight is 494 g/mol. The summed E-state index contributed by atoms with van der Waals surface area (Å²) in [5.41, 5.74) is 1.42. The van der Waals surface area contributed by atoms with Crippen LogP contribution in [-0.4, -0.2) is 46.1 Å². The molecule has 1 fully saturated rings. The van der Waals surface area contributed by atoms with Gasteiger partial charge < -0.3 is 20.1 Å². The number of nitrogens with one attached hydrogen (secondary N) is 3. The molecule has 2 aromatic carbocycles. The SMILES string of the molecule is C[C@@H](NC(=O)c1ccc(Cl)c(S(=O)(=O)NC[C@@H]2CCCO2)c1)c1ccc2c(c1)NC(=O)CO2. The first kappa shape index (κ1) is 23.5. The Morgan fingerprint density at radius 1 is 1.27 bits per heavy atom. The van der Waals surface area contributed by atoms with E-state index in [4.69, 9.17) is 21.1 Å². The number of amides is 2. The van der Waals surface area contributed by atoms with E-state index >= 15 is 0 Å².